The summed E-state index contributed by atoms with van der Waals surface area (Å²) in [5.41, 5.74) is 2.73. The van der Waals surface area contributed by atoms with Crippen LogP contribution >= 0.6 is 0 Å². The average Bonchev–Trinajstić information content (AvgIpc) is 3.08. The van der Waals surface area contributed by atoms with Gasteiger partial charge in [-0.15, -0.1) is 0 Å². The number of benzene rings is 2. The number of nitro benzene ring substituents is 1. The number of hydrogen-bond acceptors (Lipinski definition) is 4. The van der Waals surface area contributed by atoms with Crippen molar-refractivity contribution in [2.75, 3.05) is 11.4 Å². The van der Waals surface area contributed by atoms with Crippen molar-refractivity contribution in [3.63, 3.8) is 0 Å². The highest BCUT2D eigenvalue weighted by atomic mass is 16.6. The molecule has 134 valence electrons. The largest absolute Gasteiger partial charge is 0.348 e. The summed E-state index contributed by atoms with van der Waals surface area (Å²) in [4.78, 5) is 36.7. The van der Waals surface area contributed by atoms with E-state index >= 15 is 0 Å². The van der Waals surface area contributed by atoms with E-state index < -0.39 is 4.92 Å². The van der Waals surface area contributed by atoms with Crippen LogP contribution in [0.15, 0.2) is 42.5 Å². The van der Waals surface area contributed by atoms with Crippen molar-refractivity contribution in [1.82, 2.24) is 5.32 Å². The number of nitrogens with zero attached hydrogens (tertiary/aromatic N) is 2. The fourth-order valence-electron chi connectivity index (χ4n) is 3.11. The predicted octanol–water partition coefficient (Wildman–Crippen LogP) is 2.82. The third-order valence-electron chi connectivity index (χ3n) is 4.47. The highest BCUT2D eigenvalue weighted by Gasteiger charge is 2.24. The highest BCUT2D eigenvalue weighted by Crippen LogP contribution is 2.29. The van der Waals surface area contributed by atoms with Gasteiger partial charge in [0.1, 0.15) is 0 Å². The molecule has 0 radical (unpaired) electrons. The van der Waals surface area contributed by atoms with E-state index in [-0.39, 0.29) is 24.0 Å². The van der Waals surface area contributed by atoms with Gasteiger partial charge in [0.25, 0.3) is 11.6 Å². The Morgan fingerprint density at radius 1 is 1.23 bits per heavy atom. The zero-order valence-electron chi connectivity index (χ0n) is 14.4. The van der Waals surface area contributed by atoms with Crippen molar-refractivity contribution >= 4 is 23.2 Å². The van der Waals surface area contributed by atoms with Gasteiger partial charge >= 0.3 is 0 Å². The van der Waals surface area contributed by atoms with Gasteiger partial charge in [0, 0.05) is 42.4 Å². The van der Waals surface area contributed by atoms with Crippen LogP contribution < -0.4 is 10.2 Å². The van der Waals surface area contributed by atoms with Crippen molar-refractivity contribution < 1.29 is 14.5 Å². The summed E-state index contributed by atoms with van der Waals surface area (Å²) in [7, 11) is 0. The third-order valence-corrected chi connectivity index (χ3v) is 4.47. The van der Waals surface area contributed by atoms with Crippen molar-refractivity contribution in [2.45, 2.75) is 26.3 Å². The molecule has 7 nitrogen and oxygen atoms in total. The number of nitrogens with one attached hydrogen (secondary N) is 1. The first-order chi connectivity index (χ1) is 12.5. The van der Waals surface area contributed by atoms with Crippen LogP contribution in [0.5, 0.6) is 0 Å². The standard InChI is InChI=1S/C19H19N3O4/c1-2-18(23)21-10-9-13-11-14(7-8-16(13)21)19(24)20-12-15-5-3-4-6-17(15)22(25)26/h3-8,11H,2,9-10,12H2,1H3,(H,20,24). The molecule has 0 fully saturated rings. The molecule has 0 saturated heterocycles. The van der Waals surface area contributed by atoms with Crippen LogP contribution in [-0.4, -0.2) is 23.3 Å². The molecule has 3 rings (SSSR count). The van der Waals surface area contributed by atoms with E-state index in [4.69, 9.17) is 0 Å². The van der Waals surface area contributed by atoms with E-state index in [0.29, 0.717) is 30.5 Å². The Morgan fingerprint density at radius 2 is 2.00 bits per heavy atom. The van der Waals surface area contributed by atoms with Gasteiger partial charge in [-0.05, 0) is 30.2 Å². The Kier molecular flexibility index (Phi) is 4.97. The SMILES string of the molecule is CCC(=O)N1CCc2cc(C(=O)NCc3ccccc3[N+](=O)[O-])ccc21. The number of fused-ring (bicyclic) bond motifs is 1. The van der Waals surface area contributed by atoms with Crippen molar-refractivity contribution in [3.05, 3.63) is 69.3 Å². The minimum Gasteiger partial charge on any atom is -0.348 e. The van der Waals surface area contributed by atoms with Crippen LogP contribution in [0.4, 0.5) is 11.4 Å². The Hall–Kier alpha value is -3.22. The van der Waals surface area contributed by atoms with Crippen LogP contribution in [0.25, 0.3) is 0 Å². The molecule has 26 heavy (non-hydrogen) atoms. The molecule has 2 amide bonds. The molecule has 0 aliphatic carbocycles. The van der Waals surface area contributed by atoms with Crippen molar-refractivity contribution in [2.24, 2.45) is 0 Å². The van der Waals surface area contributed by atoms with E-state index in [9.17, 15) is 19.7 Å². The zero-order chi connectivity index (χ0) is 18.7. The van der Waals surface area contributed by atoms with Crippen molar-refractivity contribution in [1.29, 1.82) is 0 Å². The van der Waals surface area contributed by atoms with E-state index in [1.807, 2.05) is 6.92 Å². The predicted molar refractivity (Wildman–Crippen MR) is 97.1 cm³/mol. The topological polar surface area (TPSA) is 92.6 Å². The number of nitro groups is 1. The van der Waals surface area contributed by atoms with Gasteiger partial charge in [-0.3, -0.25) is 19.7 Å². The Bertz CT molecular complexity index is 879. The van der Waals surface area contributed by atoms with Crippen molar-refractivity contribution in [3.8, 4) is 0 Å². The van der Waals surface area contributed by atoms with E-state index in [1.165, 1.54) is 6.07 Å². The summed E-state index contributed by atoms with van der Waals surface area (Å²) in [6.45, 7) is 2.53. The van der Waals surface area contributed by atoms with Gasteiger partial charge in [-0.25, -0.2) is 0 Å². The molecule has 1 aliphatic heterocycles. The Labute approximate surface area is 150 Å². The fraction of sp³-hybridized carbons (Fsp3) is 0.263. The highest BCUT2D eigenvalue weighted by molar-refractivity contribution is 5.98. The Balaban J connectivity index is 1.72. The lowest BCUT2D eigenvalue weighted by atomic mass is 10.1. The van der Waals surface area contributed by atoms with E-state index in [2.05, 4.69) is 5.32 Å². The molecular formula is C19H19N3O4. The van der Waals surface area contributed by atoms with Gasteiger partial charge in [-0.2, -0.15) is 0 Å². The molecule has 2 aromatic rings. The number of carbonyl (C=O) groups is 2. The maximum absolute atomic E-state index is 12.4. The average molecular weight is 353 g/mol. The van der Waals surface area contributed by atoms with E-state index in [0.717, 1.165) is 11.3 Å². The second kappa shape index (κ2) is 7.35. The summed E-state index contributed by atoms with van der Waals surface area (Å²) in [6, 6.07) is 11.6. The summed E-state index contributed by atoms with van der Waals surface area (Å²) >= 11 is 0. The minimum atomic E-state index is -0.462. The van der Waals surface area contributed by atoms with Crippen LogP contribution in [0.1, 0.15) is 34.8 Å². The number of amides is 2. The lowest BCUT2D eigenvalue weighted by molar-refractivity contribution is -0.385. The summed E-state index contributed by atoms with van der Waals surface area (Å²) in [6.07, 6.45) is 1.16. The molecule has 1 heterocycles. The first kappa shape index (κ1) is 17.6. The normalized spacial score (nSPS) is 12.6. The minimum absolute atomic E-state index is 0.0181. The van der Waals surface area contributed by atoms with Crippen LogP contribution in [0.3, 0.4) is 0 Å². The lowest BCUT2D eigenvalue weighted by Gasteiger charge is -2.16. The molecule has 0 saturated carbocycles. The Morgan fingerprint density at radius 3 is 2.73 bits per heavy atom. The number of carbonyl (C=O) groups excluding carboxylic acids is 2. The molecule has 0 aromatic heterocycles. The maximum Gasteiger partial charge on any atom is 0.274 e. The smallest absolute Gasteiger partial charge is 0.274 e. The van der Waals surface area contributed by atoms with Gasteiger partial charge in [0.2, 0.25) is 5.91 Å². The monoisotopic (exact) mass is 353 g/mol. The number of para-hydroxylation sites is 1. The molecular weight excluding hydrogens is 334 g/mol. The first-order valence-electron chi connectivity index (χ1n) is 8.45. The van der Waals surface area contributed by atoms with E-state index in [1.54, 1.807) is 41.3 Å². The summed E-state index contributed by atoms with van der Waals surface area (Å²) < 4.78 is 0. The molecule has 1 N–H and O–H groups in total. The number of hydrogen-bond donors (Lipinski definition) is 1. The van der Waals surface area contributed by atoms with Gasteiger partial charge in [-0.1, -0.05) is 25.1 Å². The molecule has 0 atom stereocenters. The quantitative estimate of drug-likeness (QED) is 0.661. The van der Waals surface area contributed by atoms with Crippen LogP contribution in [-0.2, 0) is 17.8 Å². The molecule has 0 unspecified atom stereocenters. The third kappa shape index (κ3) is 3.42. The second-order valence-electron chi connectivity index (χ2n) is 6.06. The molecule has 7 heteroatoms. The van der Waals surface area contributed by atoms with Gasteiger partial charge < -0.3 is 10.2 Å². The lowest BCUT2D eigenvalue weighted by Crippen LogP contribution is -2.27. The van der Waals surface area contributed by atoms with Crippen LogP contribution in [0.2, 0.25) is 0 Å². The molecule has 2 aromatic carbocycles. The number of rotatable bonds is 5. The zero-order valence-corrected chi connectivity index (χ0v) is 14.4. The summed E-state index contributed by atoms with van der Waals surface area (Å²) in [5.74, 6) is -0.233. The second-order valence-corrected chi connectivity index (χ2v) is 6.06. The number of anilines is 1. The fourth-order valence-corrected chi connectivity index (χ4v) is 3.11. The molecule has 1 aliphatic rings. The van der Waals surface area contributed by atoms with Crippen LogP contribution in [0, 0.1) is 10.1 Å². The molecule has 0 spiro atoms. The summed E-state index contributed by atoms with van der Waals surface area (Å²) in [5, 5.41) is 13.8. The first-order valence-corrected chi connectivity index (χ1v) is 8.45. The molecule has 0 bridgehead atoms. The van der Waals surface area contributed by atoms with Gasteiger partial charge in [0.15, 0.2) is 0 Å². The van der Waals surface area contributed by atoms with Gasteiger partial charge in [0.05, 0.1) is 4.92 Å². The maximum atomic E-state index is 12.4.